The zero-order chi connectivity index (χ0) is 26.3. The van der Waals surface area contributed by atoms with Crippen LogP contribution < -0.4 is 20.7 Å². The molecule has 0 saturated heterocycles. The van der Waals surface area contributed by atoms with Gasteiger partial charge < -0.3 is 30.2 Å². The highest BCUT2D eigenvalue weighted by Gasteiger charge is 2.25. The Hall–Kier alpha value is -3.56. The quantitative estimate of drug-likeness (QED) is 0.308. The van der Waals surface area contributed by atoms with Gasteiger partial charge in [-0.15, -0.1) is 0 Å². The van der Waals surface area contributed by atoms with Gasteiger partial charge in [0, 0.05) is 54.9 Å². The average molecular weight is 524 g/mol. The largest absolute Gasteiger partial charge is 0.494 e. The number of methoxy groups -OCH3 is 1. The van der Waals surface area contributed by atoms with E-state index in [1.807, 2.05) is 39.3 Å². The van der Waals surface area contributed by atoms with Gasteiger partial charge in [0.1, 0.15) is 11.6 Å². The molecule has 0 bridgehead atoms. The summed E-state index contributed by atoms with van der Waals surface area (Å²) in [5.41, 5.74) is 12.0. The van der Waals surface area contributed by atoms with Gasteiger partial charge in [0.2, 0.25) is 5.95 Å². The molecule has 3 heterocycles. The Morgan fingerprint density at radius 2 is 2.00 bits per heavy atom. The highest BCUT2D eigenvalue weighted by Crippen LogP contribution is 2.41. The van der Waals surface area contributed by atoms with Crippen LogP contribution in [0.2, 0.25) is 5.02 Å². The Balaban J connectivity index is 1.52. The van der Waals surface area contributed by atoms with E-state index in [-0.39, 0.29) is 5.82 Å². The van der Waals surface area contributed by atoms with Gasteiger partial charge in [0.25, 0.3) is 0 Å². The summed E-state index contributed by atoms with van der Waals surface area (Å²) in [6.45, 7) is 2.59. The van der Waals surface area contributed by atoms with Crippen LogP contribution in [-0.2, 0) is 13.0 Å². The number of nitrogens with zero attached hydrogens (tertiary/aromatic N) is 5. The molecule has 1 aliphatic rings. The number of nitrogens with one attached hydrogen (secondary N) is 1. The normalized spacial score (nSPS) is 12.8. The second kappa shape index (κ2) is 10.1. The van der Waals surface area contributed by atoms with E-state index >= 15 is 0 Å². The van der Waals surface area contributed by atoms with Crippen molar-refractivity contribution in [3.8, 4) is 17.0 Å². The molecule has 8 nitrogen and oxygen atoms in total. The molecule has 5 rings (SSSR count). The molecule has 2 aromatic heterocycles. The summed E-state index contributed by atoms with van der Waals surface area (Å²) in [5, 5.41) is 4.45. The number of aryl methyl sites for hydroxylation is 1. The zero-order valence-electron chi connectivity index (χ0n) is 21.5. The fraction of sp³-hybridized carbons (Fsp3) is 0.333. The highest BCUT2D eigenvalue weighted by molar-refractivity contribution is 6.33. The molecular formula is C27H31ClFN7O. The first-order valence-corrected chi connectivity index (χ1v) is 12.6. The molecule has 0 spiro atoms. The van der Waals surface area contributed by atoms with Crippen molar-refractivity contribution in [1.82, 2.24) is 19.4 Å². The molecule has 0 radical (unpaired) electrons. The molecule has 0 unspecified atom stereocenters. The molecule has 0 fully saturated rings. The van der Waals surface area contributed by atoms with E-state index in [9.17, 15) is 4.39 Å². The summed E-state index contributed by atoms with van der Waals surface area (Å²) < 4.78 is 22.1. The van der Waals surface area contributed by atoms with Crippen molar-refractivity contribution in [3.05, 3.63) is 53.1 Å². The monoisotopic (exact) mass is 523 g/mol. The molecule has 194 valence electrons. The van der Waals surface area contributed by atoms with Crippen molar-refractivity contribution >= 4 is 45.5 Å². The van der Waals surface area contributed by atoms with Crippen LogP contribution in [-0.4, -0.2) is 60.8 Å². The summed E-state index contributed by atoms with van der Waals surface area (Å²) in [7, 11) is 7.68. The van der Waals surface area contributed by atoms with E-state index in [1.54, 1.807) is 19.4 Å². The van der Waals surface area contributed by atoms with Gasteiger partial charge in [-0.2, -0.15) is 0 Å². The van der Waals surface area contributed by atoms with Crippen molar-refractivity contribution in [2.75, 3.05) is 57.3 Å². The Bertz CT molecular complexity index is 1470. The summed E-state index contributed by atoms with van der Waals surface area (Å²) in [6.07, 6.45) is 3.47. The van der Waals surface area contributed by atoms with Gasteiger partial charge >= 0.3 is 0 Å². The van der Waals surface area contributed by atoms with E-state index in [2.05, 4.69) is 24.7 Å². The summed E-state index contributed by atoms with van der Waals surface area (Å²) >= 11 is 6.61. The number of halogens is 2. The summed E-state index contributed by atoms with van der Waals surface area (Å²) in [6, 6.07) is 8.59. The maximum absolute atomic E-state index is 14.2. The molecule has 2 aromatic carbocycles. The number of hydrogen-bond donors (Lipinski definition) is 2. The van der Waals surface area contributed by atoms with Crippen LogP contribution in [0.5, 0.6) is 5.75 Å². The van der Waals surface area contributed by atoms with Gasteiger partial charge in [-0.1, -0.05) is 11.6 Å². The maximum Gasteiger partial charge on any atom is 0.227 e. The van der Waals surface area contributed by atoms with Crippen LogP contribution in [0.15, 0.2) is 36.5 Å². The van der Waals surface area contributed by atoms with E-state index in [0.717, 1.165) is 60.3 Å². The minimum absolute atomic E-state index is 0.294. The number of benzene rings is 2. The number of fused-ring (bicyclic) bond motifs is 3. The minimum atomic E-state index is -0.294. The van der Waals surface area contributed by atoms with Crippen molar-refractivity contribution in [3.63, 3.8) is 0 Å². The number of rotatable bonds is 8. The van der Waals surface area contributed by atoms with Gasteiger partial charge in [0.15, 0.2) is 0 Å². The first-order chi connectivity index (χ1) is 17.8. The topological polar surface area (TPSA) is 84.5 Å². The minimum Gasteiger partial charge on any atom is -0.494 e. The Labute approximate surface area is 220 Å². The lowest BCUT2D eigenvalue weighted by Crippen LogP contribution is -2.29. The van der Waals surface area contributed by atoms with Gasteiger partial charge in [-0.05, 0) is 51.2 Å². The van der Waals surface area contributed by atoms with Crippen molar-refractivity contribution in [2.24, 2.45) is 0 Å². The molecule has 0 aliphatic carbocycles. The number of ether oxygens (including phenoxy) is 1. The van der Waals surface area contributed by atoms with E-state index in [4.69, 9.17) is 27.1 Å². The lowest BCUT2D eigenvalue weighted by atomic mass is 10.0. The number of aromatic nitrogens is 3. The predicted molar refractivity (Wildman–Crippen MR) is 149 cm³/mol. The zero-order valence-corrected chi connectivity index (χ0v) is 22.2. The van der Waals surface area contributed by atoms with E-state index in [0.29, 0.717) is 33.8 Å². The van der Waals surface area contributed by atoms with E-state index < -0.39 is 0 Å². The first kappa shape index (κ1) is 25.1. The van der Waals surface area contributed by atoms with Crippen molar-refractivity contribution in [2.45, 2.75) is 19.4 Å². The standard InChI is InChI=1S/C27H31ClFN7O/c1-34(2)10-11-35(3)23-14-24(37-4)20(13-19(23)30)32-27-31-15-18(28)26(33-27)25-17-12-16(29)7-8-21(17)36-9-5-6-22(25)36/h7-8,12-15H,5-6,9-11,30H2,1-4H3,(H,31,32,33). The Morgan fingerprint density at radius 3 is 2.76 bits per heavy atom. The molecule has 3 N–H and O–H groups in total. The third-order valence-corrected chi connectivity index (χ3v) is 7.08. The predicted octanol–water partition coefficient (Wildman–Crippen LogP) is 5.17. The molecule has 1 aliphatic heterocycles. The maximum atomic E-state index is 14.2. The fourth-order valence-electron chi connectivity index (χ4n) is 4.94. The van der Waals surface area contributed by atoms with Gasteiger partial charge in [-0.25, -0.2) is 14.4 Å². The van der Waals surface area contributed by atoms with Crippen LogP contribution in [0.3, 0.4) is 0 Å². The number of nitrogen functional groups attached to an aromatic ring is 1. The van der Waals surface area contributed by atoms with E-state index in [1.165, 1.54) is 6.07 Å². The number of anilines is 4. The Kier molecular flexibility index (Phi) is 6.83. The molecule has 0 amide bonds. The molecule has 0 atom stereocenters. The van der Waals surface area contributed by atoms with Crippen molar-refractivity contribution < 1.29 is 9.13 Å². The lowest BCUT2D eigenvalue weighted by molar-refractivity contribution is 0.413. The van der Waals surface area contributed by atoms with Gasteiger partial charge in [-0.3, -0.25) is 0 Å². The second-order valence-electron chi connectivity index (χ2n) is 9.59. The van der Waals surface area contributed by atoms with Crippen LogP contribution in [0.25, 0.3) is 22.2 Å². The third-order valence-electron chi connectivity index (χ3n) is 6.80. The molecule has 4 aromatic rings. The van der Waals surface area contributed by atoms with Crippen LogP contribution >= 0.6 is 11.6 Å². The fourth-order valence-corrected chi connectivity index (χ4v) is 5.13. The smallest absolute Gasteiger partial charge is 0.227 e. The number of hydrogen-bond acceptors (Lipinski definition) is 7. The van der Waals surface area contributed by atoms with Crippen LogP contribution in [0.1, 0.15) is 12.1 Å². The molecule has 0 saturated carbocycles. The first-order valence-electron chi connectivity index (χ1n) is 12.2. The number of likely N-dealkylation sites (N-methyl/N-ethyl adjacent to an activating group) is 2. The van der Waals surface area contributed by atoms with Gasteiger partial charge in [0.05, 0.1) is 41.1 Å². The molecular weight excluding hydrogens is 493 g/mol. The number of nitrogens with two attached hydrogens (primary N) is 1. The third kappa shape index (κ3) is 4.76. The van der Waals surface area contributed by atoms with Crippen molar-refractivity contribution in [1.29, 1.82) is 0 Å². The van der Waals surface area contributed by atoms with Crippen LogP contribution in [0, 0.1) is 5.82 Å². The van der Waals surface area contributed by atoms with Crippen LogP contribution in [0.4, 0.5) is 27.4 Å². The highest BCUT2D eigenvalue weighted by atomic mass is 35.5. The molecule has 10 heteroatoms. The lowest BCUT2D eigenvalue weighted by Gasteiger charge is -2.24. The summed E-state index contributed by atoms with van der Waals surface area (Å²) in [4.78, 5) is 13.4. The molecule has 37 heavy (non-hydrogen) atoms. The summed E-state index contributed by atoms with van der Waals surface area (Å²) in [5.74, 6) is 0.656. The second-order valence-corrected chi connectivity index (χ2v) is 10.00. The Morgan fingerprint density at radius 1 is 1.19 bits per heavy atom. The SMILES string of the molecule is COc1cc(N(C)CCN(C)C)c(N)cc1Nc1ncc(Cl)c(-c2c3n(c4ccc(F)cc24)CCC3)n1. The average Bonchev–Trinajstić information content (AvgIpc) is 3.44.